The number of thioether (sulfide) groups is 1. The highest BCUT2D eigenvalue weighted by molar-refractivity contribution is 7.98. The van der Waals surface area contributed by atoms with Crippen LogP contribution >= 0.6 is 24.2 Å². The van der Waals surface area contributed by atoms with Crippen LogP contribution in [0.25, 0.3) is 0 Å². The predicted octanol–water partition coefficient (Wildman–Crippen LogP) is 2.51. The highest BCUT2D eigenvalue weighted by Gasteiger charge is 2.26. The van der Waals surface area contributed by atoms with E-state index in [0.29, 0.717) is 19.8 Å². The minimum atomic E-state index is -0.433. The molecular weight excluding hydrogens is 320 g/mol. The Morgan fingerprint density at radius 3 is 2.77 bits per heavy atom. The molecule has 1 aliphatic rings. The lowest BCUT2D eigenvalue weighted by molar-refractivity contribution is -0.124. The van der Waals surface area contributed by atoms with Gasteiger partial charge in [-0.25, -0.2) is 0 Å². The number of hydrogen-bond donors (Lipinski definition) is 2. The van der Waals surface area contributed by atoms with Gasteiger partial charge in [0.25, 0.3) is 0 Å². The average Bonchev–Trinajstić information content (AvgIpc) is 2.53. The van der Waals surface area contributed by atoms with Gasteiger partial charge in [-0.05, 0) is 49.1 Å². The molecule has 3 N–H and O–H groups in total. The van der Waals surface area contributed by atoms with Crippen molar-refractivity contribution in [1.82, 2.24) is 5.32 Å². The van der Waals surface area contributed by atoms with E-state index >= 15 is 0 Å². The van der Waals surface area contributed by atoms with Gasteiger partial charge >= 0.3 is 0 Å². The third-order valence-electron chi connectivity index (χ3n) is 3.97. The van der Waals surface area contributed by atoms with Crippen LogP contribution in [-0.4, -0.2) is 31.4 Å². The maximum absolute atomic E-state index is 12.2. The normalized spacial score (nSPS) is 16.7. The van der Waals surface area contributed by atoms with Gasteiger partial charge in [-0.15, -0.1) is 24.2 Å². The van der Waals surface area contributed by atoms with Crippen LogP contribution in [0, 0.1) is 12.8 Å². The number of amides is 1. The smallest absolute Gasteiger partial charge is 0.237 e. The molecule has 1 unspecified atom stereocenters. The molecule has 0 radical (unpaired) electrons. The van der Waals surface area contributed by atoms with E-state index in [9.17, 15) is 4.79 Å². The predicted molar refractivity (Wildman–Crippen MR) is 93.6 cm³/mol. The van der Waals surface area contributed by atoms with Crippen molar-refractivity contribution in [2.24, 2.45) is 11.7 Å². The molecule has 0 bridgehead atoms. The van der Waals surface area contributed by atoms with E-state index in [4.69, 9.17) is 10.5 Å². The average molecular weight is 345 g/mol. The van der Waals surface area contributed by atoms with Crippen molar-refractivity contribution in [3.8, 4) is 0 Å². The van der Waals surface area contributed by atoms with Crippen molar-refractivity contribution < 1.29 is 9.53 Å². The lowest BCUT2D eigenvalue weighted by atomic mass is 9.92. The molecule has 0 aliphatic carbocycles. The summed E-state index contributed by atoms with van der Waals surface area (Å²) < 4.78 is 5.31. The number of aryl methyl sites for hydroxylation is 1. The molecule has 0 saturated carbocycles. The van der Waals surface area contributed by atoms with Crippen molar-refractivity contribution in [3.05, 3.63) is 29.3 Å². The van der Waals surface area contributed by atoms with Crippen molar-refractivity contribution >= 4 is 30.1 Å². The summed E-state index contributed by atoms with van der Waals surface area (Å²) in [6.45, 7) is 4.02. The molecule has 0 spiro atoms. The molecule has 0 aromatic heterocycles. The zero-order chi connectivity index (χ0) is 15.2. The summed E-state index contributed by atoms with van der Waals surface area (Å²) in [6.07, 6.45) is 3.79. The Bertz CT molecular complexity index is 493. The third-order valence-corrected chi connectivity index (χ3v) is 4.79. The van der Waals surface area contributed by atoms with Crippen molar-refractivity contribution in [2.75, 3.05) is 19.5 Å². The molecule has 1 amide bonds. The number of ether oxygens (including phenoxy) is 1. The van der Waals surface area contributed by atoms with Gasteiger partial charge in [0.2, 0.25) is 5.91 Å². The minimum Gasteiger partial charge on any atom is -0.381 e. The summed E-state index contributed by atoms with van der Waals surface area (Å²) in [5.74, 6) is 0.173. The highest BCUT2D eigenvalue weighted by atomic mass is 35.5. The highest BCUT2D eigenvalue weighted by Crippen LogP contribution is 2.22. The summed E-state index contributed by atoms with van der Waals surface area (Å²) in [6, 6.07) is 5.85. The van der Waals surface area contributed by atoms with Crippen LogP contribution in [0.15, 0.2) is 23.1 Å². The molecular formula is C16H25ClN2O2S. The molecule has 2 rings (SSSR count). The second-order valence-electron chi connectivity index (χ2n) is 5.51. The van der Waals surface area contributed by atoms with Gasteiger partial charge in [0.05, 0.1) is 6.04 Å². The van der Waals surface area contributed by atoms with E-state index in [-0.39, 0.29) is 24.2 Å². The van der Waals surface area contributed by atoms with Crippen LogP contribution < -0.4 is 11.1 Å². The number of hydrogen-bond acceptors (Lipinski definition) is 4. The van der Waals surface area contributed by atoms with Crippen LogP contribution in [0.4, 0.5) is 0 Å². The fourth-order valence-corrected chi connectivity index (χ4v) is 3.29. The lowest BCUT2D eigenvalue weighted by Crippen LogP contribution is -2.46. The molecule has 1 fully saturated rings. The lowest BCUT2D eigenvalue weighted by Gasteiger charge is -2.26. The molecule has 6 heteroatoms. The monoisotopic (exact) mass is 344 g/mol. The Labute approximate surface area is 143 Å². The largest absolute Gasteiger partial charge is 0.381 e. The topological polar surface area (TPSA) is 64.4 Å². The summed E-state index contributed by atoms with van der Waals surface area (Å²) in [7, 11) is 0. The second-order valence-corrected chi connectivity index (χ2v) is 6.36. The molecule has 1 aromatic rings. The summed E-state index contributed by atoms with van der Waals surface area (Å²) >= 11 is 1.70. The van der Waals surface area contributed by atoms with Crippen LogP contribution in [0.5, 0.6) is 0 Å². The maximum Gasteiger partial charge on any atom is 0.237 e. The zero-order valence-electron chi connectivity index (χ0n) is 13.1. The molecule has 124 valence electrons. The van der Waals surface area contributed by atoms with Gasteiger partial charge in [-0.1, -0.05) is 12.1 Å². The number of carbonyl (C=O) groups excluding carboxylic acids is 1. The third kappa shape index (κ3) is 5.16. The Morgan fingerprint density at radius 1 is 1.45 bits per heavy atom. The number of nitrogens with one attached hydrogen (secondary N) is 1. The first-order chi connectivity index (χ1) is 10.1. The first kappa shape index (κ1) is 19.3. The van der Waals surface area contributed by atoms with Gasteiger partial charge in [0.15, 0.2) is 0 Å². The van der Waals surface area contributed by atoms with E-state index in [2.05, 4.69) is 30.4 Å². The van der Waals surface area contributed by atoms with E-state index in [1.54, 1.807) is 11.8 Å². The van der Waals surface area contributed by atoms with Crippen molar-refractivity contribution in [2.45, 2.75) is 37.2 Å². The van der Waals surface area contributed by atoms with Gasteiger partial charge in [0, 0.05) is 24.7 Å². The fraction of sp³-hybridized carbons (Fsp3) is 0.562. The minimum absolute atomic E-state index is 0. The SMILES string of the molecule is CSc1cc(C)ccc1CNC(=O)C(N)C1CCOCC1.Cl. The summed E-state index contributed by atoms with van der Waals surface area (Å²) in [5.41, 5.74) is 8.45. The molecule has 1 aliphatic heterocycles. The standard InChI is InChI=1S/C16H24N2O2S.ClH/c1-11-3-4-13(14(9-11)21-2)10-18-16(19)15(17)12-5-7-20-8-6-12;/h3-4,9,12,15H,5-8,10,17H2,1-2H3,(H,18,19);1H. The number of nitrogens with two attached hydrogens (primary N) is 1. The van der Waals surface area contributed by atoms with E-state index in [0.717, 1.165) is 18.4 Å². The van der Waals surface area contributed by atoms with Crippen molar-refractivity contribution in [3.63, 3.8) is 0 Å². The molecule has 4 nitrogen and oxygen atoms in total. The number of carbonyl (C=O) groups is 1. The van der Waals surface area contributed by atoms with Gasteiger partial charge in [0.1, 0.15) is 0 Å². The van der Waals surface area contributed by atoms with Crippen molar-refractivity contribution in [1.29, 1.82) is 0 Å². The first-order valence-electron chi connectivity index (χ1n) is 7.36. The zero-order valence-corrected chi connectivity index (χ0v) is 14.8. The van der Waals surface area contributed by atoms with E-state index in [1.807, 2.05) is 6.26 Å². The number of halogens is 1. The van der Waals surface area contributed by atoms with Crippen LogP contribution in [0.2, 0.25) is 0 Å². The quantitative estimate of drug-likeness (QED) is 0.805. The number of benzene rings is 1. The van der Waals surface area contributed by atoms with E-state index in [1.165, 1.54) is 10.5 Å². The fourth-order valence-electron chi connectivity index (χ4n) is 2.59. The molecule has 1 aromatic carbocycles. The Hall–Kier alpha value is -0.750. The van der Waals surface area contributed by atoms with Crippen LogP contribution in [0.3, 0.4) is 0 Å². The Balaban J connectivity index is 0.00000242. The first-order valence-corrected chi connectivity index (χ1v) is 8.59. The molecule has 1 atom stereocenters. The van der Waals surface area contributed by atoms with Gasteiger partial charge < -0.3 is 15.8 Å². The second kappa shape index (κ2) is 9.40. The molecule has 1 saturated heterocycles. The molecule has 22 heavy (non-hydrogen) atoms. The van der Waals surface area contributed by atoms with Crippen LogP contribution in [-0.2, 0) is 16.1 Å². The summed E-state index contributed by atoms with van der Waals surface area (Å²) in [4.78, 5) is 13.4. The molecule has 1 heterocycles. The van der Waals surface area contributed by atoms with Gasteiger partial charge in [-0.2, -0.15) is 0 Å². The van der Waals surface area contributed by atoms with Gasteiger partial charge in [-0.3, -0.25) is 4.79 Å². The van der Waals surface area contributed by atoms with E-state index < -0.39 is 6.04 Å². The van der Waals surface area contributed by atoms with Crippen LogP contribution in [0.1, 0.15) is 24.0 Å². The summed E-state index contributed by atoms with van der Waals surface area (Å²) in [5, 5.41) is 2.97. The maximum atomic E-state index is 12.2. The Kier molecular flexibility index (Phi) is 8.25. The number of rotatable bonds is 5. The Morgan fingerprint density at radius 2 is 2.14 bits per heavy atom.